The average Bonchev–Trinajstić information content (AvgIpc) is 4.17. The van der Waals surface area contributed by atoms with E-state index in [1.54, 1.807) is 0 Å². The van der Waals surface area contributed by atoms with Crippen molar-refractivity contribution < 1.29 is 31.5 Å². The first-order valence-electron chi connectivity index (χ1n) is 23.2. The van der Waals surface area contributed by atoms with Crippen LogP contribution < -0.4 is 0 Å². The molecule has 67 heavy (non-hydrogen) atoms. The van der Waals surface area contributed by atoms with Gasteiger partial charge in [-0.25, -0.2) is 16.8 Å². The van der Waals surface area contributed by atoms with Crippen LogP contribution in [-0.2, 0) is 40.3 Å². The van der Waals surface area contributed by atoms with Crippen molar-refractivity contribution >= 4 is 26.0 Å². The van der Waals surface area contributed by atoms with Crippen molar-refractivity contribution in [1.29, 1.82) is 0 Å². The van der Waals surface area contributed by atoms with E-state index < -0.39 is 36.9 Å². The monoisotopic (exact) mass is 942 g/mol. The van der Waals surface area contributed by atoms with Crippen LogP contribution >= 0.6 is 0 Å². The SMILES string of the molecule is C1CCOC1.CS(=O)(=O)C[C@H](O)[C@H]1CCCN1C(c1ccccc1)(c1ccccc1)c1ccccc1.CS(C)(=O)=O.O=C[C@H]1CCCN1C(c1ccccc1)(c1ccccc1)c1ccccc1. The number of aliphatic hydroxyl groups is 1. The number of hydrogen-bond donors (Lipinski definition) is 1. The molecule has 0 radical (unpaired) electrons. The summed E-state index contributed by atoms with van der Waals surface area (Å²) < 4.78 is 48.2. The Bertz CT molecular complexity index is 2390. The third-order valence-electron chi connectivity index (χ3n) is 12.5. The first kappa shape index (κ1) is 51.1. The lowest BCUT2D eigenvalue weighted by Crippen LogP contribution is -2.54. The van der Waals surface area contributed by atoms with E-state index in [9.17, 15) is 26.7 Å². The lowest BCUT2D eigenvalue weighted by molar-refractivity contribution is -0.112. The number of benzene rings is 6. The molecule has 0 spiro atoms. The summed E-state index contributed by atoms with van der Waals surface area (Å²) in [5.41, 5.74) is 5.81. The third kappa shape index (κ3) is 13.0. The van der Waals surface area contributed by atoms with Gasteiger partial charge >= 0.3 is 0 Å². The number of ether oxygens (including phenoxy) is 1. The Labute approximate surface area is 399 Å². The van der Waals surface area contributed by atoms with E-state index in [1.165, 1.54) is 35.8 Å². The summed E-state index contributed by atoms with van der Waals surface area (Å²) in [5.74, 6) is -0.234. The van der Waals surface area contributed by atoms with Gasteiger partial charge in [-0.2, -0.15) is 0 Å². The van der Waals surface area contributed by atoms with Gasteiger partial charge in [0.1, 0.15) is 26.0 Å². The molecule has 0 saturated carbocycles. The molecule has 3 saturated heterocycles. The number of aliphatic hydroxyl groups excluding tert-OH is 1. The van der Waals surface area contributed by atoms with Gasteiger partial charge in [0.25, 0.3) is 0 Å². The number of carbonyl (C=O) groups excluding carboxylic acids is 1. The van der Waals surface area contributed by atoms with Crippen LogP contribution in [0.5, 0.6) is 0 Å². The predicted octanol–water partition coefficient (Wildman–Crippen LogP) is 8.95. The molecule has 354 valence electrons. The minimum Gasteiger partial charge on any atom is -0.390 e. The highest BCUT2D eigenvalue weighted by Gasteiger charge is 2.49. The lowest BCUT2D eigenvalue weighted by Gasteiger charge is -2.47. The zero-order valence-corrected chi connectivity index (χ0v) is 40.6. The van der Waals surface area contributed by atoms with Gasteiger partial charge in [0.15, 0.2) is 0 Å². The molecule has 9 nitrogen and oxygen atoms in total. The second-order valence-corrected chi connectivity index (χ2v) is 22.2. The Hall–Kier alpha value is -5.27. The Morgan fingerprint density at radius 3 is 1.10 bits per heavy atom. The predicted molar refractivity (Wildman–Crippen MR) is 270 cm³/mol. The van der Waals surface area contributed by atoms with Gasteiger partial charge in [0.05, 0.1) is 29.0 Å². The fourth-order valence-electron chi connectivity index (χ4n) is 9.96. The van der Waals surface area contributed by atoms with E-state index in [4.69, 9.17) is 4.74 Å². The largest absolute Gasteiger partial charge is 0.390 e. The van der Waals surface area contributed by atoms with Crippen LogP contribution in [0.1, 0.15) is 71.9 Å². The maximum atomic E-state index is 12.0. The van der Waals surface area contributed by atoms with Gasteiger partial charge in [-0.1, -0.05) is 182 Å². The fraction of sp³-hybridized carbons (Fsp3) is 0.339. The number of hydrogen-bond acceptors (Lipinski definition) is 9. The van der Waals surface area contributed by atoms with Crippen LogP contribution in [0, 0.1) is 0 Å². The first-order chi connectivity index (χ1) is 32.3. The van der Waals surface area contributed by atoms with Gasteiger partial charge in [0.2, 0.25) is 0 Å². The van der Waals surface area contributed by atoms with Crippen molar-refractivity contribution in [3.63, 3.8) is 0 Å². The molecular weight excluding hydrogens is 877 g/mol. The van der Waals surface area contributed by atoms with Crippen LogP contribution in [0.3, 0.4) is 0 Å². The molecule has 6 aromatic carbocycles. The van der Waals surface area contributed by atoms with E-state index >= 15 is 0 Å². The summed E-state index contributed by atoms with van der Waals surface area (Å²) in [5, 5.41) is 11.0. The summed E-state index contributed by atoms with van der Waals surface area (Å²) in [6.45, 7) is 3.67. The summed E-state index contributed by atoms with van der Waals surface area (Å²) in [6.07, 6.45) is 9.85. The molecule has 3 aliphatic heterocycles. The van der Waals surface area contributed by atoms with Gasteiger partial charge in [-0.3, -0.25) is 9.80 Å². The molecule has 1 N–H and O–H groups in total. The van der Waals surface area contributed by atoms with E-state index in [1.807, 2.05) is 72.8 Å². The first-order valence-corrected chi connectivity index (χ1v) is 27.6. The Kier molecular flexibility index (Phi) is 18.4. The molecule has 0 aliphatic carbocycles. The summed E-state index contributed by atoms with van der Waals surface area (Å²) >= 11 is 0. The summed E-state index contributed by atoms with van der Waals surface area (Å²) in [4.78, 5) is 16.6. The van der Waals surface area contributed by atoms with Crippen molar-refractivity contribution in [2.24, 2.45) is 0 Å². The van der Waals surface area contributed by atoms with Crippen LogP contribution in [0.25, 0.3) is 0 Å². The minimum atomic E-state index is -3.30. The quantitative estimate of drug-likeness (QED) is 0.0948. The lowest BCUT2D eigenvalue weighted by atomic mass is 9.75. The number of rotatable bonds is 12. The van der Waals surface area contributed by atoms with Crippen LogP contribution in [0.15, 0.2) is 182 Å². The van der Waals surface area contributed by atoms with E-state index in [2.05, 4.69) is 119 Å². The van der Waals surface area contributed by atoms with Crippen molar-refractivity contribution in [2.45, 2.75) is 67.8 Å². The Morgan fingerprint density at radius 1 is 0.522 bits per heavy atom. The van der Waals surface area contributed by atoms with Gasteiger partial charge < -0.3 is 14.6 Å². The maximum absolute atomic E-state index is 12.0. The van der Waals surface area contributed by atoms with Crippen molar-refractivity contribution in [2.75, 3.05) is 50.8 Å². The fourth-order valence-corrected chi connectivity index (χ4v) is 10.8. The normalized spacial score (nSPS) is 18.3. The molecule has 0 amide bonds. The van der Waals surface area contributed by atoms with E-state index in [0.29, 0.717) is 0 Å². The highest BCUT2D eigenvalue weighted by Crippen LogP contribution is 2.47. The third-order valence-corrected chi connectivity index (χ3v) is 13.5. The smallest absolute Gasteiger partial charge is 0.150 e. The molecule has 9 rings (SSSR count). The van der Waals surface area contributed by atoms with Gasteiger partial charge in [-0.15, -0.1) is 0 Å². The van der Waals surface area contributed by atoms with Gasteiger partial charge in [0, 0.05) is 51.1 Å². The average molecular weight is 943 g/mol. The summed E-state index contributed by atoms with van der Waals surface area (Å²) in [6, 6.07) is 62.4. The number of nitrogens with zero attached hydrogens (tertiary/aromatic N) is 2. The highest BCUT2D eigenvalue weighted by atomic mass is 32.2. The summed E-state index contributed by atoms with van der Waals surface area (Å²) in [7, 11) is -5.97. The number of carbonyl (C=O) groups is 1. The van der Waals surface area contributed by atoms with Crippen LogP contribution in [0.2, 0.25) is 0 Å². The molecule has 3 heterocycles. The van der Waals surface area contributed by atoms with Crippen LogP contribution in [0.4, 0.5) is 0 Å². The molecule has 11 heteroatoms. The van der Waals surface area contributed by atoms with E-state index in [0.717, 1.165) is 87.5 Å². The maximum Gasteiger partial charge on any atom is 0.150 e. The number of sulfone groups is 2. The topological polar surface area (TPSA) is 121 Å². The molecule has 3 atom stereocenters. The molecule has 0 unspecified atom stereocenters. The minimum absolute atomic E-state index is 0.0735. The van der Waals surface area contributed by atoms with Crippen molar-refractivity contribution in [3.8, 4) is 0 Å². The zero-order valence-electron chi connectivity index (χ0n) is 39.0. The zero-order chi connectivity index (χ0) is 47.8. The molecule has 3 fully saturated rings. The standard InChI is InChI=1S/C26H29NO3S.C24H23NO.C4H8O.C2H6O2S/c1-31(29,30)20-25(28)24-18-11-19-27(24)26(21-12-5-2-6-13-21,22-14-7-3-8-15-22)23-16-9-4-10-17-23;26-19-23-17-10-18-25(23)24(20-11-4-1-5-12-20,21-13-6-2-7-14-21)22-15-8-3-9-16-22;1-2-4-5-3-1;1-5(2,3)4/h2-10,12-17,24-25,28H,11,18-20H2,1H3;1-9,11-16,19,23H,10,17-18H2;1-4H2;1-2H3/t24-,25+;23-;;/m11../s1. The van der Waals surface area contributed by atoms with Crippen LogP contribution in [-0.4, -0.2) is 107 Å². The second-order valence-electron chi connectivity index (χ2n) is 17.7. The molecule has 0 aromatic heterocycles. The Balaban J connectivity index is 0.000000185. The molecule has 3 aliphatic rings. The molecular formula is C56H66N2O7S2. The molecule has 0 bridgehead atoms. The second kappa shape index (κ2) is 24.1. The Morgan fingerprint density at radius 2 is 0.821 bits per heavy atom. The number of aldehydes is 1. The van der Waals surface area contributed by atoms with E-state index in [-0.39, 0.29) is 17.8 Å². The number of likely N-dealkylation sites (tertiary alicyclic amines) is 2. The molecule has 6 aromatic rings. The highest BCUT2D eigenvalue weighted by molar-refractivity contribution is 7.90. The van der Waals surface area contributed by atoms with Gasteiger partial charge in [-0.05, 0) is 71.9 Å². The van der Waals surface area contributed by atoms with Crippen molar-refractivity contribution in [1.82, 2.24) is 9.80 Å². The van der Waals surface area contributed by atoms with Crippen molar-refractivity contribution in [3.05, 3.63) is 215 Å².